The maximum absolute atomic E-state index is 9.85. The van der Waals surface area contributed by atoms with Gasteiger partial charge in [-0.25, -0.2) is 0 Å². The van der Waals surface area contributed by atoms with Crippen LogP contribution >= 0.6 is 0 Å². The minimum atomic E-state index is 0.0723. The summed E-state index contributed by atoms with van der Waals surface area (Å²) < 4.78 is 0. The lowest BCUT2D eigenvalue weighted by atomic mass is 9.74. The molecule has 0 spiro atoms. The Kier molecular flexibility index (Phi) is 1.52. The van der Waals surface area contributed by atoms with Crippen LogP contribution in [0.5, 0.6) is 0 Å². The molecule has 3 atom stereocenters. The van der Waals surface area contributed by atoms with E-state index in [2.05, 4.69) is 0 Å². The lowest BCUT2D eigenvalue weighted by Crippen LogP contribution is -2.27. The van der Waals surface area contributed by atoms with Gasteiger partial charge in [-0.3, -0.25) is 0 Å². The maximum atomic E-state index is 9.85. The third-order valence-corrected chi connectivity index (χ3v) is 4.70. The first-order valence-electron chi connectivity index (χ1n) is 5.52. The summed E-state index contributed by atoms with van der Waals surface area (Å²) in [6, 6.07) is 0. The summed E-state index contributed by atoms with van der Waals surface area (Å²) in [6.45, 7) is 0. The molecule has 4 aliphatic carbocycles. The second-order valence-corrected chi connectivity index (χ2v) is 5.14. The number of aliphatic hydroxyl groups is 1. The minimum Gasteiger partial charge on any atom is -0.393 e. The molecule has 0 aromatic heterocycles. The Morgan fingerprint density at radius 3 is 2.17 bits per heavy atom. The Labute approximate surface area is 74.2 Å². The van der Waals surface area contributed by atoms with Gasteiger partial charge in [-0.1, -0.05) is 0 Å². The average molecular weight is 166 g/mol. The fourth-order valence-electron chi connectivity index (χ4n) is 4.02. The number of hydrogen-bond acceptors (Lipinski definition) is 1. The largest absolute Gasteiger partial charge is 0.393 e. The average Bonchev–Trinajstić information content (AvgIpc) is 2.28. The summed E-state index contributed by atoms with van der Waals surface area (Å²) in [5.74, 6) is 3.48. The van der Waals surface area contributed by atoms with Crippen molar-refractivity contribution in [2.75, 3.05) is 0 Å². The number of fused-ring (bicyclic) bond motifs is 2. The van der Waals surface area contributed by atoms with Crippen molar-refractivity contribution in [2.24, 2.45) is 23.7 Å². The summed E-state index contributed by atoms with van der Waals surface area (Å²) in [7, 11) is 0. The molecule has 4 aliphatic rings. The highest BCUT2D eigenvalue weighted by molar-refractivity contribution is 4.96. The lowest BCUT2D eigenvalue weighted by molar-refractivity contribution is 0.0642. The third kappa shape index (κ3) is 0.891. The monoisotopic (exact) mass is 166 g/mol. The summed E-state index contributed by atoms with van der Waals surface area (Å²) in [5, 5.41) is 9.85. The van der Waals surface area contributed by atoms with Gasteiger partial charge in [0.1, 0.15) is 0 Å². The molecule has 1 heteroatoms. The molecule has 0 aliphatic heterocycles. The second kappa shape index (κ2) is 2.47. The van der Waals surface area contributed by atoms with Crippen LogP contribution in [0.2, 0.25) is 0 Å². The highest BCUT2D eigenvalue weighted by Gasteiger charge is 2.46. The van der Waals surface area contributed by atoms with E-state index in [0.29, 0.717) is 5.92 Å². The first-order chi connectivity index (χ1) is 5.84. The molecule has 4 bridgehead atoms. The quantitative estimate of drug-likeness (QED) is 0.585. The molecule has 0 aromatic rings. The highest BCUT2D eigenvalue weighted by atomic mass is 16.3. The van der Waals surface area contributed by atoms with E-state index < -0.39 is 0 Å². The Bertz CT molecular complexity index is 181. The standard InChI is InChI=1S/C11H18O/c12-11-6-9-5-10(11)8-3-1-7(9)2-4-8/h7-12H,1-6H2/t7?,8?,9-,10-,11+/m0/s1. The molecule has 0 amide bonds. The summed E-state index contributed by atoms with van der Waals surface area (Å²) >= 11 is 0. The molecule has 68 valence electrons. The second-order valence-electron chi connectivity index (χ2n) is 5.14. The smallest absolute Gasteiger partial charge is 0.0573 e. The Morgan fingerprint density at radius 1 is 0.750 bits per heavy atom. The molecule has 12 heavy (non-hydrogen) atoms. The van der Waals surface area contributed by atoms with Crippen LogP contribution in [-0.4, -0.2) is 11.2 Å². The van der Waals surface area contributed by atoms with Gasteiger partial charge >= 0.3 is 0 Å². The van der Waals surface area contributed by atoms with Gasteiger partial charge in [0.25, 0.3) is 0 Å². The molecule has 4 saturated carbocycles. The van der Waals surface area contributed by atoms with Gasteiger partial charge < -0.3 is 5.11 Å². The van der Waals surface area contributed by atoms with Crippen LogP contribution < -0.4 is 0 Å². The zero-order chi connectivity index (χ0) is 8.13. The van der Waals surface area contributed by atoms with E-state index >= 15 is 0 Å². The number of aliphatic hydroxyl groups excluding tert-OH is 1. The molecule has 1 N–H and O–H groups in total. The Morgan fingerprint density at radius 2 is 1.42 bits per heavy atom. The van der Waals surface area contributed by atoms with Crippen LogP contribution in [0.4, 0.5) is 0 Å². The minimum absolute atomic E-state index is 0.0723. The van der Waals surface area contributed by atoms with Crippen LogP contribution in [-0.2, 0) is 0 Å². The van der Waals surface area contributed by atoms with E-state index in [1.165, 1.54) is 32.1 Å². The van der Waals surface area contributed by atoms with Crippen molar-refractivity contribution in [2.45, 2.75) is 44.6 Å². The number of hydrogen-bond donors (Lipinski definition) is 1. The maximum Gasteiger partial charge on any atom is 0.0573 e. The predicted octanol–water partition coefficient (Wildman–Crippen LogP) is 2.19. The van der Waals surface area contributed by atoms with Crippen LogP contribution in [0, 0.1) is 23.7 Å². The molecule has 0 unspecified atom stereocenters. The van der Waals surface area contributed by atoms with Gasteiger partial charge in [0, 0.05) is 0 Å². The van der Waals surface area contributed by atoms with Gasteiger partial charge in [0.2, 0.25) is 0 Å². The fraction of sp³-hybridized carbons (Fsp3) is 1.00. The highest BCUT2D eigenvalue weighted by Crippen LogP contribution is 2.52. The van der Waals surface area contributed by atoms with Crippen LogP contribution in [0.1, 0.15) is 38.5 Å². The van der Waals surface area contributed by atoms with Gasteiger partial charge in [-0.2, -0.15) is 0 Å². The van der Waals surface area contributed by atoms with E-state index in [1.54, 1.807) is 0 Å². The Hall–Kier alpha value is -0.0400. The third-order valence-electron chi connectivity index (χ3n) is 4.70. The topological polar surface area (TPSA) is 20.2 Å². The van der Waals surface area contributed by atoms with Crippen molar-refractivity contribution >= 4 is 0 Å². The van der Waals surface area contributed by atoms with Crippen molar-refractivity contribution in [3.63, 3.8) is 0 Å². The van der Waals surface area contributed by atoms with E-state index in [9.17, 15) is 5.11 Å². The molecular weight excluding hydrogens is 148 g/mol. The van der Waals surface area contributed by atoms with Crippen LogP contribution in [0.25, 0.3) is 0 Å². The summed E-state index contributed by atoms with van der Waals surface area (Å²) in [6.07, 6.45) is 8.34. The van der Waals surface area contributed by atoms with Crippen molar-refractivity contribution in [3.05, 3.63) is 0 Å². The van der Waals surface area contributed by atoms with Crippen molar-refractivity contribution in [3.8, 4) is 0 Å². The van der Waals surface area contributed by atoms with Crippen molar-refractivity contribution < 1.29 is 5.11 Å². The lowest BCUT2D eigenvalue weighted by Gasteiger charge is -2.33. The zero-order valence-electron chi connectivity index (χ0n) is 7.58. The molecule has 0 heterocycles. The van der Waals surface area contributed by atoms with Crippen LogP contribution in [0.3, 0.4) is 0 Å². The van der Waals surface area contributed by atoms with Crippen molar-refractivity contribution in [1.82, 2.24) is 0 Å². The van der Waals surface area contributed by atoms with Crippen molar-refractivity contribution in [1.29, 1.82) is 0 Å². The SMILES string of the molecule is O[C@@H]1C[C@@H]2C[C@H]1C1CCC2CC1. The van der Waals surface area contributed by atoms with Crippen LogP contribution in [0.15, 0.2) is 0 Å². The molecule has 0 aromatic carbocycles. The fourth-order valence-corrected chi connectivity index (χ4v) is 4.02. The molecule has 0 saturated heterocycles. The zero-order valence-corrected chi connectivity index (χ0v) is 7.58. The number of rotatable bonds is 0. The van der Waals surface area contributed by atoms with E-state index in [-0.39, 0.29) is 6.10 Å². The molecule has 4 fully saturated rings. The molecular formula is C11H18O. The van der Waals surface area contributed by atoms with E-state index in [4.69, 9.17) is 0 Å². The van der Waals surface area contributed by atoms with Gasteiger partial charge in [-0.15, -0.1) is 0 Å². The predicted molar refractivity (Wildman–Crippen MR) is 47.7 cm³/mol. The first-order valence-corrected chi connectivity index (χ1v) is 5.52. The van der Waals surface area contributed by atoms with E-state index in [1.807, 2.05) is 0 Å². The summed E-state index contributed by atoms with van der Waals surface area (Å²) in [5.41, 5.74) is 0. The first kappa shape index (κ1) is 7.37. The molecule has 4 rings (SSSR count). The molecule has 1 nitrogen and oxygen atoms in total. The Balaban J connectivity index is 1.92. The molecule has 0 radical (unpaired) electrons. The summed E-state index contributed by atoms with van der Waals surface area (Å²) in [4.78, 5) is 0. The van der Waals surface area contributed by atoms with Gasteiger partial charge in [0.15, 0.2) is 0 Å². The normalized spacial score (nSPS) is 57.2. The van der Waals surface area contributed by atoms with Gasteiger partial charge in [0.05, 0.1) is 6.10 Å². The van der Waals surface area contributed by atoms with Gasteiger partial charge in [-0.05, 0) is 62.2 Å². The van der Waals surface area contributed by atoms with E-state index in [0.717, 1.165) is 24.2 Å².